The lowest BCUT2D eigenvalue weighted by atomic mass is 10.0. The predicted molar refractivity (Wildman–Crippen MR) is 145 cm³/mol. The molecule has 200 valence electrons. The fourth-order valence-corrected chi connectivity index (χ4v) is 4.96. The highest BCUT2D eigenvalue weighted by atomic mass is 31.2. The van der Waals surface area contributed by atoms with Gasteiger partial charge in [0.2, 0.25) is 0 Å². The third kappa shape index (κ3) is 7.10. The molecule has 0 aliphatic carbocycles. The fourth-order valence-electron chi connectivity index (χ4n) is 4.34. The number of benzene rings is 3. The molecule has 9 nitrogen and oxygen atoms in total. The summed E-state index contributed by atoms with van der Waals surface area (Å²) in [5.74, 6) is -0.384. The molecule has 0 spiro atoms. The Bertz CT molecular complexity index is 1450. The van der Waals surface area contributed by atoms with E-state index in [0.717, 1.165) is 10.9 Å². The second kappa shape index (κ2) is 11.9. The summed E-state index contributed by atoms with van der Waals surface area (Å²) >= 11 is 0. The molecule has 2 atom stereocenters. The third-order valence-electron chi connectivity index (χ3n) is 6.20. The van der Waals surface area contributed by atoms with Crippen molar-refractivity contribution in [2.45, 2.75) is 32.0 Å². The summed E-state index contributed by atoms with van der Waals surface area (Å²) in [6.07, 6.45) is -0.00325. The lowest BCUT2D eigenvalue weighted by Crippen LogP contribution is -2.37. The summed E-state index contributed by atoms with van der Waals surface area (Å²) in [5, 5.41) is 24.0. The molecule has 0 aliphatic heterocycles. The number of aromatic nitrogens is 1. The molecular formula is C28H31N2O7P. The van der Waals surface area contributed by atoms with Gasteiger partial charge in [0.1, 0.15) is 24.2 Å². The largest absolute Gasteiger partial charge is 0.491 e. The number of carbonyl (C=O) groups is 1. The summed E-state index contributed by atoms with van der Waals surface area (Å²) in [6, 6.07) is 22.7. The zero-order valence-corrected chi connectivity index (χ0v) is 21.8. The third-order valence-corrected chi connectivity index (χ3v) is 7.15. The number of aliphatic hydroxyl groups excluding tert-OH is 1. The van der Waals surface area contributed by atoms with Crippen molar-refractivity contribution in [3.05, 3.63) is 95.7 Å². The summed E-state index contributed by atoms with van der Waals surface area (Å²) < 4.78 is 18.9. The van der Waals surface area contributed by atoms with Crippen molar-refractivity contribution in [1.29, 1.82) is 0 Å². The zero-order valence-electron chi connectivity index (χ0n) is 20.9. The highest BCUT2D eigenvalue weighted by molar-refractivity contribution is 7.60. The lowest BCUT2D eigenvalue weighted by molar-refractivity contribution is 0.0686. The van der Waals surface area contributed by atoms with E-state index in [0.29, 0.717) is 29.8 Å². The minimum absolute atomic E-state index is 0.0512. The number of para-hydroxylation sites is 1. The maximum Gasteiger partial charge on any atom is 0.356 e. The molecule has 0 aliphatic rings. The molecule has 5 N–H and O–H groups in total. The van der Waals surface area contributed by atoms with Gasteiger partial charge in [-0.25, -0.2) is 4.79 Å². The number of carboxylic acid groups (broad SMARTS) is 1. The van der Waals surface area contributed by atoms with Crippen LogP contribution in [0.3, 0.4) is 0 Å². The van der Waals surface area contributed by atoms with E-state index in [9.17, 15) is 29.4 Å². The smallest absolute Gasteiger partial charge is 0.356 e. The average Bonchev–Trinajstić information content (AvgIpc) is 3.24. The van der Waals surface area contributed by atoms with Crippen molar-refractivity contribution in [1.82, 2.24) is 9.88 Å². The van der Waals surface area contributed by atoms with Gasteiger partial charge in [0.05, 0.1) is 5.30 Å². The van der Waals surface area contributed by atoms with Gasteiger partial charge in [0.25, 0.3) is 0 Å². The van der Waals surface area contributed by atoms with E-state index in [-0.39, 0.29) is 30.2 Å². The number of nitrogens with one attached hydrogen (secondary N) is 1. The molecule has 4 aromatic rings. The molecule has 4 rings (SSSR count). The molecule has 0 saturated heterocycles. The highest BCUT2D eigenvalue weighted by Gasteiger charge is 2.19. The van der Waals surface area contributed by atoms with Crippen LogP contribution in [0, 0.1) is 0 Å². The van der Waals surface area contributed by atoms with E-state index in [1.165, 1.54) is 12.1 Å². The second-order valence-electron chi connectivity index (χ2n) is 9.32. The monoisotopic (exact) mass is 538 g/mol. The van der Waals surface area contributed by atoms with Crippen molar-refractivity contribution >= 4 is 29.8 Å². The summed E-state index contributed by atoms with van der Waals surface area (Å²) in [5.41, 5.74) is 2.39. The van der Waals surface area contributed by atoms with E-state index in [2.05, 4.69) is 5.32 Å². The van der Waals surface area contributed by atoms with Gasteiger partial charge in [-0.05, 0) is 66.9 Å². The number of aliphatic hydroxyl groups is 1. The first kappa shape index (κ1) is 27.6. The van der Waals surface area contributed by atoms with E-state index in [1.807, 2.05) is 55.5 Å². The van der Waals surface area contributed by atoms with Gasteiger partial charge in [-0.3, -0.25) is 4.57 Å². The summed E-state index contributed by atoms with van der Waals surface area (Å²) in [4.78, 5) is 30.9. The molecule has 0 amide bonds. The highest BCUT2D eigenvalue weighted by Crippen LogP contribution is 2.33. The molecule has 0 bridgehead atoms. The Hall–Kier alpha value is -3.46. The number of aromatic carboxylic acids is 1. The Morgan fingerprint density at radius 3 is 2.47 bits per heavy atom. The number of ether oxygens (including phenoxy) is 1. The van der Waals surface area contributed by atoms with Crippen LogP contribution in [0.5, 0.6) is 5.75 Å². The van der Waals surface area contributed by atoms with Crippen LogP contribution in [0.25, 0.3) is 10.9 Å². The maximum absolute atomic E-state index is 12.0. The SMILES string of the molecule is C[C@H](Cc1ccc2c(c1)cc(C(=O)O)n2Cc1cccc(P(=O)(O)O)c1)NC[C@H](O)COc1ccccc1. The van der Waals surface area contributed by atoms with E-state index in [1.54, 1.807) is 22.8 Å². The van der Waals surface area contributed by atoms with Gasteiger partial charge in [0, 0.05) is 30.0 Å². The molecule has 10 heteroatoms. The van der Waals surface area contributed by atoms with Crippen LogP contribution >= 0.6 is 7.60 Å². The topological polar surface area (TPSA) is 141 Å². The van der Waals surface area contributed by atoms with Crippen LogP contribution < -0.4 is 15.4 Å². The number of hydrogen-bond acceptors (Lipinski definition) is 5. The van der Waals surface area contributed by atoms with Crippen LogP contribution in [0.1, 0.15) is 28.5 Å². The molecular weight excluding hydrogens is 507 g/mol. The second-order valence-corrected chi connectivity index (χ2v) is 10.9. The van der Waals surface area contributed by atoms with E-state index >= 15 is 0 Å². The standard InChI is InChI=1S/C28H31N2O7P/c1-19(29-16-23(31)18-37-24-7-3-2-4-8-24)12-20-10-11-26-22(13-20)15-27(28(32)33)30(26)17-21-6-5-9-25(14-21)38(34,35)36/h2-11,13-15,19,23,29,31H,12,16-18H2,1H3,(H,32,33)(H2,34,35,36)/t19-,23+/m1/s1. The van der Waals surface area contributed by atoms with E-state index in [4.69, 9.17) is 4.74 Å². The Labute approximate surface area is 220 Å². The van der Waals surface area contributed by atoms with Crippen LogP contribution in [0.4, 0.5) is 0 Å². The van der Waals surface area contributed by atoms with Crippen LogP contribution in [-0.4, -0.2) is 55.8 Å². The van der Waals surface area contributed by atoms with Crippen molar-refractivity contribution < 1.29 is 34.1 Å². The number of nitrogens with zero attached hydrogens (tertiary/aromatic N) is 1. The van der Waals surface area contributed by atoms with Gasteiger partial charge in [-0.15, -0.1) is 0 Å². The molecule has 3 aromatic carbocycles. The van der Waals surface area contributed by atoms with Gasteiger partial charge in [-0.1, -0.05) is 36.4 Å². The Morgan fingerprint density at radius 1 is 1.00 bits per heavy atom. The average molecular weight is 539 g/mol. The number of carboxylic acids is 1. The maximum atomic E-state index is 12.0. The van der Waals surface area contributed by atoms with Gasteiger partial charge >= 0.3 is 13.6 Å². The van der Waals surface area contributed by atoms with Gasteiger partial charge < -0.3 is 34.6 Å². The molecule has 0 saturated carbocycles. The number of hydrogen-bond donors (Lipinski definition) is 5. The Balaban J connectivity index is 1.43. The first-order valence-corrected chi connectivity index (χ1v) is 13.8. The minimum atomic E-state index is -4.42. The molecule has 0 unspecified atom stereocenters. The van der Waals surface area contributed by atoms with Crippen LogP contribution in [-0.2, 0) is 17.5 Å². The number of fused-ring (bicyclic) bond motifs is 1. The quantitative estimate of drug-likeness (QED) is 0.173. The summed E-state index contributed by atoms with van der Waals surface area (Å²) in [7, 11) is -4.42. The molecule has 1 aromatic heterocycles. The van der Waals surface area contributed by atoms with Crippen LogP contribution in [0.2, 0.25) is 0 Å². The first-order valence-electron chi connectivity index (χ1n) is 12.2. The van der Waals surface area contributed by atoms with Crippen molar-refractivity contribution in [3.8, 4) is 5.75 Å². The zero-order chi connectivity index (χ0) is 27.3. The first-order chi connectivity index (χ1) is 18.1. The minimum Gasteiger partial charge on any atom is -0.491 e. The molecule has 1 heterocycles. The van der Waals surface area contributed by atoms with Gasteiger partial charge in [0.15, 0.2) is 0 Å². The van der Waals surface area contributed by atoms with Crippen LogP contribution in [0.15, 0.2) is 78.9 Å². The fraction of sp³-hybridized carbons (Fsp3) is 0.250. The van der Waals surface area contributed by atoms with Gasteiger partial charge in [-0.2, -0.15) is 0 Å². The number of rotatable bonds is 12. The summed E-state index contributed by atoms with van der Waals surface area (Å²) in [6.45, 7) is 2.71. The van der Waals surface area contributed by atoms with E-state index < -0.39 is 19.7 Å². The molecule has 38 heavy (non-hydrogen) atoms. The van der Waals surface area contributed by atoms with Crippen molar-refractivity contribution in [2.75, 3.05) is 13.2 Å². The Kier molecular flexibility index (Phi) is 8.66. The normalized spacial score (nSPS) is 13.4. The lowest BCUT2D eigenvalue weighted by Gasteiger charge is -2.18. The Morgan fingerprint density at radius 2 is 1.76 bits per heavy atom. The predicted octanol–water partition coefficient (Wildman–Crippen LogP) is 3.15. The van der Waals surface area contributed by atoms with Crippen molar-refractivity contribution in [2.24, 2.45) is 0 Å². The molecule has 0 radical (unpaired) electrons. The molecule has 0 fully saturated rings. The van der Waals surface area contributed by atoms with Crippen molar-refractivity contribution in [3.63, 3.8) is 0 Å².